The molecule has 0 spiro atoms. The average molecular weight is 650 g/mol. The maximum absolute atomic E-state index is 13.6. The molecule has 4 aromatic rings. The predicted molar refractivity (Wildman–Crippen MR) is 182 cm³/mol. The van der Waals surface area contributed by atoms with Crippen LogP contribution in [0.2, 0.25) is 0 Å². The van der Waals surface area contributed by atoms with Crippen molar-refractivity contribution >= 4 is 23.4 Å². The van der Waals surface area contributed by atoms with E-state index in [2.05, 4.69) is 5.32 Å². The summed E-state index contributed by atoms with van der Waals surface area (Å²) in [4.78, 5) is 70.4. The molecule has 3 aromatic carbocycles. The zero-order valence-corrected chi connectivity index (χ0v) is 27.0. The maximum atomic E-state index is 13.6. The molecule has 3 amide bonds. The van der Waals surface area contributed by atoms with Crippen molar-refractivity contribution in [2.75, 3.05) is 25.0 Å². The van der Waals surface area contributed by atoms with Gasteiger partial charge in [0.25, 0.3) is 5.56 Å². The minimum absolute atomic E-state index is 0.0177. The highest BCUT2D eigenvalue weighted by Crippen LogP contribution is 2.25. The number of aliphatic hydroxyl groups excluding tert-OH is 1. The zero-order chi connectivity index (χ0) is 33.9. The summed E-state index contributed by atoms with van der Waals surface area (Å²) >= 11 is 0. The molecule has 1 fully saturated rings. The van der Waals surface area contributed by atoms with Gasteiger partial charge < -0.3 is 20.2 Å². The van der Waals surface area contributed by atoms with E-state index in [9.17, 15) is 29.1 Å². The summed E-state index contributed by atoms with van der Waals surface area (Å²) in [5.41, 5.74) is 1.99. The molecule has 0 bridgehead atoms. The standard InChI is InChI=1S/C37H39N5O6/c1-24(2)42-35(46)30(27-12-8-13-28(21-27)34(45)33(44)26-10-4-3-5-11-26)22-40(37(42)48)23-32(43)39-18-16-29(17-19-39)41-20-15-25-9-6-7-14-31(25)38-36(41)47/h3-14,21-22,24,29,33,44H,15-20,23H2,1-2H3,(H,38,47). The lowest BCUT2D eigenvalue weighted by Crippen LogP contribution is -2.51. The molecular weight excluding hydrogens is 610 g/mol. The lowest BCUT2D eigenvalue weighted by molar-refractivity contribution is -0.133. The minimum Gasteiger partial charge on any atom is -0.380 e. The van der Waals surface area contributed by atoms with E-state index in [1.807, 2.05) is 29.2 Å². The van der Waals surface area contributed by atoms with Gasteiger partial charge >= 0.3 is 11.7 Å². The number of ketones is 1. The lowest BCUT2D eigenvalue weighted by atomic mass is 9.97. The van der Waals surface area contributed by atoms with Gasteiger partial charge in [-0.2, -0.15) is 0 Å². The Morgan fingerprint density at radius 2 is 1.60 bits per heavy atom. The fraction of sp³-hybridized carbons (Fsp3) is 0.324. The van der Waals surface area contributed by atoms with Crippen molar-refractivity contribution < 1.29 is 19.5 Å². The predicted octanol–water partition coefficient (Wildman–Crippen LogP) is 4.26. The third kappa shape index (κ3) is 6.59. The summed E-state index contributed by atoms with van der Waals surface area (Å²) in [7, 11) is 0. The number of carbonyl (C=O) groups is 3. The van der Waals surface area contributed by atoms with E-state index in [0.717, 1.165) is 22.2 Å². The second-order valence-corrected chi connectivity index (χ2v) is 12.6. The van der Waals surface area contributed by atoms with Crippen LogP contribution in [-0.4, -0.2) is 67.4 Å². The van der Waals surface area contributed by atoms with Crippen molar-refractivity contribution in [3.63, 3.8) is 0 Å². The molecule has 11 heteroatoms. The number of carbonyl (C=O) groups excluding carboxylic acids is 3. The summed E-state index contributed by atoms with van der Waals surface area (Å²) in [6, 6.07) is 22.1. The molecule has 1 aromatic heterocycles. The van der Waals surface area contributed by atoms with Crippen molar-refractivity contribution in [3.05, 3.63) is 123 Å². The monoisotopic (exact) mass is 649 g/mol. The smallest absolute Gasteiger partial charge is 0.331 e. The second-order valence-electron chi connectivity index (χ2n) is 12.6. The topological polar surface area (TPSA) is 134 Å². The van der Waals surface area contributed by atoms with Crippen molar-refractivity contribution in [1.82, 2.24) is 18.9 Å². The van der Waals surface area contributed by atoms with E-state index < -0.39 is 29.2 Å². The number of aliphatic hydroxyl groups is 1. The summed E-state index contributed by atoms with van der Waals surface area (Å²) in [5.74, 6) is -0.792. The van der Waals surface area contributed by atoms with Crippen LogP contribution in [0.1, 0.15) is 60.3 Å². The second kappa shape index (κ2) is 13.8. The van der Waals surface area contributed by atoms with Crippen LogP contribution >= 0.6 is 0 Å². The fourth-order valence-corrected chi connectivity index (χ4v) is 6.58. The summed E-state index contributed by atoms with van der Waals surface area (Å²) in [5, 5.41) is 13.7. The summed E-state index contributed by atoms with van der Waals surface area (Å²) in [6.45, 7) is 4.62. The Labute approximate surface area is 278 Å². The highest BCUT2D eigenvalue weighted by atomic mass is 16.3. The van der Waals surface area contributed by atoms with E-state index in [4.69, 9.17) is 0 Å². The molecule has 3 heterocycles. The number of nitrogens with one attached hydrogen (secondary N) is 1. The maximum Gasteiger partial charge on any atom is 0.331 e. The molecule has 2 N–H and O–H groups in total. The van der Waals surface area contributed by atoms with Crippen molar-refractivity contribution in [1.29, 1.82) is 0 Å². The Kier molecular flexibility index (Phi) is 9.40. The third-order valence-electron chi connectivity index (χ3n) is 9.23. The minimum atomic E-state index is -1.38. The largest absolute Gasteiger partial charge is 0.380 e. The van der Waals surface area contributed by atoms with Gasteiger partial charge in [0.15, 0.2) is 5.78 Å². The molecule has 0 radical (unpaired) electrons. The number of fused-ring (bicyclic) bond motifs is 1. The highest BCUT2D eigenvalue weighted by Gasteiger charge is 2.32. The Hall–Kier alpha value is -5.29. The number of piperidine rings is 1. The van der Waals surface area contributed by atoms with Gasteiger partial charge in [-0.3, -0.25) is 23.5 Å². The normalized spacial score (nSPS) is 15.9. The molecule has 1 saturated heterocycles. The summed E-state index contributed by atoms with van der Waals surface area (Å²) in [6.07, 6.45) is 1.96. The first-order valence-corrected chi connectivity index (χ1v) is 16.3. The van der Waals surface area contributed by atoms with E-state index in [1.54, 1.807) is 67.3 Å². The van der Waals surface area contributed by atoms with Gasteiger partial charge in [-0.05, 0) is 61.9 Å². The highest BCUT2D eigenvalue weighted by molar-refractivity contribution is 6.00. The van der Waals surface area contributed by atoms with Gasteiger partial charge in [-0.1, -0.05) is 66.7 Å². The van der Waals surface area contributed by atoms with Crippen LogP contribution in [0.5, 0.6) is 0 Å². The van der Waals surface area contributed by atoms with Crippen LogP contribution in [0.15, 0.2) is 94.6 Å². The first kappa shape index (κ1) is 32.6. The number of likely N-dealkylation sites (tertiary alicyclic amines) is 1. The van der Waals surface area contributed by atoms with Crippen molar-refractivity contribution in [2.45, 2.75) is 57.8 Å². The molecule has 248 valence electrons. The van der Waals surface area contributed by atoms with Crippen LogP contribution in [0.4, 0.5) is 10.5 Å². The van der Waals surface area contributed by atoms with Crippen molar-refractivity contribution in [3.8, 4) is 11.1 Å². The first-order valence-electron chi connectivity index (χ1n) is 16.3. The molecule has 1 atom stereocenters. The number of anilines is 1. The van der Waals surface area contributed by atoms with E-state index in [0.29, 0.717) is 43.6 Å². The number of benzene rings is 3. The lowest BCUT2D eigenvalue weighted by Gasteiger charge is -2.38. The van der Waals surface area contributed by atoms with Gasteiger partial charge in [-0.25, -0.2) is 9.59 Å². The Morgan fingerprint density at radius 3 is 2.33 bits per heavy atom. The molecular formula is C37H39N5O6. The molecule has 11 nitrogen and oxygen atoms in total. The van der Waals surface area contributed by atoms with Gasteiger partial charge in [0.2, 0.25) is 5.91 Å². The number of para-hydroxylation sites is 1. The number of Topliss-reactive ketones (excluding diaryl/α,β-unsaturated/α-hetero) is 1. The quantitative estimate of drug-likeness (QED) is 0.274. The van der Waals surface area contributed by atoms with Crippen LogP contribution in [-0.2, 0) is 17.8 Å². The molecule has 1 unspecified atom stereocenters. The van der Waals surface area contributed by atoms with Crippen LogP contribution < -0.4 is 16.6 Å². The Balaban J connectivity index is 1.19. The van der Waals surface area contributed by atoms with Crippen LogP contribution in [0.25, 0.3) is 11.1 Å². The number of rotatable bonds is 8. The van der Waals surface area contributed by atoms with E-state index in [1.165, 1.54) is 16.8 Å². The molecule has 6 rings (SSSR count). The number of hydrogen-bond acceptors (Lipinski definition) is 6. The van der Waals surface area contributed by atoms with Crippen LogP contribution in [0.3, 0.4) is 0 Å². The van der Waals surface area contributed by atoms with Gasteiger partial charge in [0, 0.05) is 49.2 Å². The molecule has 2 aliphatic heterocycles. The molecule has 0 aliphatic carbocycles. The van der Waals surface area contributed by atoms with Gasteiger partial charge in [0.1, 0.15) is 12.6 Å². The Morgan fingerprint density at radius 1 is 0.896 bits per heavy atom. The fourth-order valence-electron chi connectivity index (χ4n) is 6.58. The van der Waals surface area contributed by atoms with Gasteiger partial charge in [0.05, 0.1) is 5.56 Å². The average Bonchev–Trinajstić information content (AvgIpc) is 3.27. The first-order chi connectivity index (χ1) is 23.1. The molecule has 0 saturated carbocycles. The third-order valence-corrected chi connectivity index (χ3v) is 9.23. The number of amides is 3. The number of aromatic nitrogens is 2. The van der Waals surface area contributed by atoms with E-state index in [-0.39, 0.29) is 35.7 Å². The molecule has 48 heavy (non-hydrogen) atoms. The van der Waals surface area contributed by atoms with Crippen molar-refractivity contribution in [2.24, 2.45) is 0 Å². The summed E-state index contributed by atoms with van der Waals surface area (Å²) < 4.78 is 2.36. The Bertz CT molecular complexity index is 1960. The SMILES string of the molecule is CC(C)n1c(=O)c(-c2cccc(C(=O)C(O)c3ccccc3)c2)cn(CC(=O)N2CCC(N3CCc4ccccc4NC3=O)CC2)c1=O. The van der Waals surface area contributed by atoms with Crippen LogP contribution in [0, 0.1) is 0 Å². The zero-order valence-electron chi connectivity index (χ0n) is 27.0. The van der Waals surface area contributed by atoms with Gasteiger partial charge in [-0.15, -0.1) is 0 Å². The molecule has 2 aliphatic rings. The number of hydrogen-bond donors (Lipinski definition) is 2. The number of urea groups is 1. The van der Waals surface area contributed by atoms with E-state index >= 15 is 0 Å². The number of nitrogens with zero attached hydrogens (tertiary/aromatic N) is 4.